The Morgan fingerprint density at radius 3 is 2.67 bits per heavy atom. The lowest BCUT2D eigenvalue weighted by atomic mass is 10.0. The summed E-state index contributed by atoms with van der Waals surface area (Å²) in [5.74, 6) is 0.726. The molecule has 1 aliphatic carbocycles. The fourth-order valence-electron chi connectivity index (χ4n) is 2.30. The van der Waals surface area contributed by atoms with Crippen LogP contribution >= 0.6 is 0 Å². The highest BCUT2D eigenvalue weighted by Gasteiger charge is 2.38. The van der Waals surface area contributed by atoms with Gasteiger partial charge in [-0.15, -0.1) is 0 Å². The van der Waals surface area contributed by atoms with E-state index in [2.05, 4.69) is 42.5 Å². The van der Waals surface area contributed by atoms with Gasteiger partial charge in [0.15, 0.2) is 0 Å². The number of benzene rings is 2. The molecule has 0 spiro atoms. The van der Waals surface area contributed by atoms with Crippen molar-refractivity contribution in [3.05, 3.63) is 48.0 Å². The summed E-state index contributed by atoms with van der Waals surface area (Å²) in [5, 5.41) is 2.57. The van der Waals surface area contributed by atoms with Gasteiger partial charge in [0.25, 0.3) is 0 Å². The van der Waals surface area contributed by atoms with Gasteiger partial charge in [-0.05, 0) is 28.7 Å². The molecule has 1 saturated carbocycles. The molecule has 0 radical (unpaired) electrons. The van der Waals surface area contributed by atoms with Gasteiger partial charge < -0.3 is 4.79 Å². The molecule has 15 heavy (non-hydrogen) atoms. The molecule has 2 atom stereocenters. The smallest absolute Gasteiger partial charge is 0.123 e. The number of fused-ring (bicyclic) bond motifs is 1. The molecule has 1 nitrogen and oxygen atoms in total. The van der Waals surface area contributed by atoms with Crippen molar-refractivity contribution in [3.8, 4) is 0 Å². The Bertz CT molecular complexity index is 510. The second kappa shape index (κ2) is 3.20. The first-order valence-corrected chi connectivity index (χ1v) is 5.33. The summed E-state index contributed by atoms with van der Waals surface area (Å²) in [4.78, 5) is 10.7. The maximum Gasteiger partial charge on any atom is 0.123 e. The molecule has 1 aliphatic rings. The van der Waals surface area contributed by atoms with E-state index >= 15 is 0 Å². The Morgan fingerprint density at radius 2 is 1.87 bits per heavy atom. The normalized spacial score (nSPS) is 24.0. The quantitative estimate of drug-likeness (QED) is 0.674. The van der Waals surface area contributed by atoms with Crippen molar-refractivity contribution in [3.63, 3.8) is 0 Å². The van der Waals surface area contributed by atoms with Crippen LogP contribution in [-0.2, 0) is 4.79 Å². The lowest BCUT2D eigenvalue weighted by Crippen LogP contribution is -1.86. The third-order valence-electron chi connectivity index (χ3n) is 3.24. The Kier molecular flexibility index (Phi) is 1.84. The van der Waals surface area contributed by atoms with Crippen LogP contribution < -0.4 is 0 Å². The van der Waals surface area contributed by atoms with Crippen LogP contribution in [0.15, 0.2) is 42.5 Å². The lowest BCUT2D eigenvalue weighted by molar-refractivity contribution is -0.108. The van der Waals surface area contributed by atoms with Crippen LogP contribution in [0.4, 0.5) is 0 Å². The van der Waals surface area contributed by atoms with Gasteiger partial charge in [-0.25, -0.2) is 0 Å². The second-order valence-electron chi connectivity index (χ2n) is 4.21. The number of carbonyl (C=O) groups is 1. The van der Waals surface area contributed by atoms with Crippen LogP contribution in [0.3, 0.4) is 0 Å². The Labute approximate surface area is 88.7 Å². The van der Waals surface area contributed by atoms with Crippen molar-refractivity contribution in [1.82, 2.24) is 0 Å². The minimum absolute atomic E-state index is 0.260. The number of carbonyl (C=O) groups excluding carboxylic acids is 1. The molecular formula is C14H12O. The topological polar surface area (TPSA) is 17.1 Å². The van der Waals surface area contributed by atoms with Gasteiger partial charge in [-0.1, -0.05) is 42.5 Å². The second-order valence-corrected chi connectivity index (χ2v) is 4.21. The number of rotatable bonds is 2. The molecule has 2 aromatic carbocycles. The van der Waals surface area contributed by atoms with E-state index in [1.807, 2.05) is 0 Å². The standard InChI is InChI=1S/C14H12O/c15-9-11-8-14(11)13-7-3-5-10-4-1-2-6-12(10)13/h1-7,9,11,14H,8H2. The van der Waals surface area contributed by atoms with Crippen LogP contribution in [-0.4, -0.2) is 6.29 Å². The summed E-state index contributed by atoms with van der Waals surface area (Å²) in [6.45, 7) is 0. The molecule has 0 saturated heterocycles. The molecule has 0 bridgehead atoms. The van der Waals surface area contributed by atoms with Crippen LogP contribution in [0, 0.1) is 5.92 Å². The van der Waals surface area contributed by atoms with Gasteiger partial charge >= 0.3 is 0 Å². The first-order chi connectivity index (χ1) is 7.40. The van der Waals surface area contributed by atoms with E-state index in [9.17, 15) is 4.79 Å². The summed E-state index contributed by atoms with van der Waals surface area (Å²) in [6.07, 6.45) is 2.12. The number of aldehydes is 1. The summed E-state index contributed by atoms with van der Waals surface area (Å²) in [7, 11) is 0. The summed E-state index contributed by atoms with van der Waals surface area (Å²) in [6, 6.07) is 14.7. The predicted molar refractivity (Wildman–Crippen MR) is 60.9 cm³/mol. The molecule has 3 rings (SSSR count). The van der Waals surface area contributed by atoms with Crippen LogP contribution in [0.1, 0.15) is 17.9 Å². The van der Waals surface area contributed by atoms with E-state index in [0.29, 0.717) is 5.92 Å². The van der Waals surface area contributed by atoms with Crippen LogP contribution in [0.2, 0.25) is 0 Å². The van der Waals surface area contributed by atoms with E-state index in [-0.39, 0.29) is 5.92 Å². The SMILES string of the molecule is O=CC1CC1c1cccc2ccccc12. The fraction of sp³-hybridized carbons (Fsp3) is 0.214. The van der Waals surface area contributed by atoms with E-state index in [4.69, 9.17) is 0 Å². The molecule has 0 amide bonds. The van der Waals surface area contributed by atoms with Crippen LogP contribution in [0.5, 0.6) is 0 Å². The molecule has 0 N–H and O–H groups in total. The molecule has 74 valence electrons. The van der Waals surface area contributed by atoms with Gasteiger partial charge in [0, 0.05) is 5.92 Å². The molecule has 0 heterocycles. The first-order valence-electron chi connectivity index (χ1n) is 5.33. The zero-order chi connectivity index (χ0) is 10.3. The fourth-order valence-corrected chi connectivity index (χ4v) is 2.30. The van der Waals surface area contributed by atoms with Crippen molar-refractivity contribution in [2.24, 2.45) is 5.92 Å². The summed E-state index contributed by atoms with van der Waals surface area (Å²) in [5.41, 5.74) is 1.34. The average molecular weight is 196 g/mol. The average Bonchev–Trinajstić information content (AvgIpc) is 3.07. The highest BCUT2D eigenvalue weighted by molar-refractivity contribution is 5.87. The van der Waals surface area contributed by atoms with Crippen molar-refractivity contribution < 1.29 is 4.79 Å². The van der Waals surface area contributed by atoms with Gasteiger partial charge in [0.05, 0.1) is 0 Å². The first kappa shape index (κ1) is 8.66. The maximum absolute atomic E-state index is 10.7. The predicted octanol–water partition coefficient (Wildman–Crippen LogP) is 3.14. The minimum Gasteiger partial charge on any atom is -0.303 e. The summed E-state index contributed by atoms with van der Waals surface area (Å²) >= 11 is 0. The lowest BCUT2D eigenvalue weighted by Gasteiger charge is -2.04. The van der Waals surface area contributed by atoms with E-state index in [1.54, 1.807) is 0 Å². The van der Waals surface area contributed by atoms with Crippen LogP contribution in [0.25, 0.3) is 10.8 Å². The molecule has 0 aliphatic heterocycles. The van der Waals surface area contributed by atoms with Crippen molar-refractivity contribution in [2.75, 3.05) is 0 Å². The van der Waals surface area contributed by atoms with Gasteiger partial charge in [0.1, 0.15) is 6.29 Å². The Morgan fingerprint density at radius 1 is 1.07 bits per heavy atom. The molecule has 2 aromatic rings. The molecule has 1 fully saturated rings. The van der Waals surface area contributed by atoms with E-state index < -0.39 is 0 Å². The maximum atomic E-state index is 10.7. The third kappa shape index (κ3) is 1.35. The molecular weight excluding hydrogens is 184 g/mol. The molecule has 1 heteroatoms. The molecule has 0 aromatic heterocycles. The molecule has 2 unspecified atom stereocenters. The Hall–Kier alpha value is -1.63. The largest absolute Gasteiger partial charge is 0.303 e. The number of hydrogen-bond donors (Lipinski definition) is 0. The Balaban J connectivity index is 2.15. The number of hydrogen-bond acceptors (Lipinski definition) is 1. The zero-order valence-corrected chi connectivity index (χ0v) is 8.39. The monoisotopic (exact) mass is 196 g/mol. The third-order valence-corrected chi connectivity index (χ3v) is 3.24. The van der Waals surface area contributed by atoms with E-state index in [1.165, 1.54) is 16.3 Å². The van der Waals surface area contributed by atoms with Crippen molar-refractivity contribution in [2.45, 2.75) is 12.3 Å². The summed E-state index contributed by atoms with van der Waals surface area (Å²) < 4.78 is 0. The van der Waals surface area contributed by atoms with Gasteiger partial charge in [-0.2, -0.15) is 0 Å². The highest BCUT2D eigenvalue weighted by atomic mass is 16.1. The van der Waals surface area contributed by atoms with E-state index in [0.717, 1.165) is 12.7 Å². The zero-order valence-electron chi connectivity index (χ0n) is 8.39. The minimum atomic E-state index is 0.260. The van der Waals surface area contributed by atoms with Crippen molar-refractivity contribution in [1.29, 1.82) is 0 Å². The highest BCUT2D eigenvalue weighted by Crippen LogP contribution is 2.47. The van der Waals surface area contributed by atoms with Gasteiger partial charge in [-0.3, -0.25) is 0 Å². The van der Waals surface area contributed by atoms with Gasteiger partial charge in [0.2, 0.25) is 0 Å². The van der Waals surface area contributed by atoms with Crippen molar-refractivity contribution >= 4 is 17.1 Å².